The molecule has 9 heteroatoms. The predicted molar refractivity (Wildman–Crippen MR) is 79.9 cm³/mol. The Kier molecular flexibility index (Phi) is 6.10. The fraction of sp³-hybridized carbons (Fsp3) is 0.667. The molecule has 0 aliphatic heterocycles. The number of carbonyl (C=O) groups excluding carboxylic acids is 1. The number of nitrogens with two attached hydrogens (primary N) is 1. The van der Waals surface area contributed by atoms with Gasteiger partial charge in [-0.05, 0) is 13.8 Å². The van der Waals surface area contributed by atoms with Crippen molar-refractivity contribution < 1.29 is 9.53 Å². The van der Waals surface area contributed by atoms with Crippen LogP contribution < -0.4 is 26.2 Å². The van der Waals surface area contributed by atoms with Gasteiger partial charge < -0.3 is 15.0 Å². The Bertz CT molecular complexity index is 481. The molecule has 4 N–H and O–H groups in total. The Balaban J connectivity index is 2.91. The van der Waals surface area contributed by atoms with Crippen molar-refractivity contribution in [3.8, 4) is 6.01 Å². The van der Waals surface area contributed by atoms with Crippen LogP contribution in [0.15, 0.2) is 0 Å². The quantitative estimate of drug-likeness (QED) is 0.466. The van der Waals surface area contributed by atoms with Gasteiger partial charge in [-0.2, -0.15) is 15.0 Å². The SMILES string of the molecule is CNC(=O)C(C)CN(C)c1nc(NN)nc(OC(C)C)n1. The molecule has 21 heavy (non-hydrogen) atoms. The lowest BCUT2D eigenvalue weighted by Gasteiger charge is -2.21. The van der Waals surface area contributed by atoms with Gasteiger partial charge in [0.05, 0.1) is 12.0 Å². The Morgan fingerprint density at radius 3 is 2.52 bits per heavy atom. The number of hydrogen-bond acceptors (Lipinski definition) is 8. The molecule has 0 saturated heterocycles. The van der Waals surface area contributed by atoms with Crippen LogP contribution in [0.4, 0.5) is 11.9 Å². The average molecular weight is 297 g/mol. The maximum atomic E-state index is 11.6. The number of nitrogens with one attached hydrogen (secondary N) is 2. The van der Waals surface area contributed by atoms with Crippen molar-refractivity contribution in [1.82, 2.24) is 20.3 Å². The third-order valence-corrected chi connectivity index (χ3v) is 2.66. The average Bonchev–Trinajstić information content (AvgIpc) is 2.44. The number of nitrogens with zero attached hydrogens (tertiary/aromatic N) is 4. The van der Waals surface area contributed by atoms with Crippen LogP contribution in [0.25, 0.3) is 0 Å². The fourth-order valence-electron chi connectivity index (χ4n) is 1.67. The van der Waals surface area contributed by atoms with Gasteiger partial charge in [0.1, 0.15) is 0 Å². The monoisotopic (exact) mass is 297 g/mol. The minimum atomic E-state index is -0.208. The van der Waals surface area contributed by atoms with Crippen LogP contribution in [0, 0.1) is 5.92 Å². The van der Waals surface area contributed by atoms with Crippen molar-refractivity contribution in [1.29, 1.82) is 0 Å². The van der Waals surface area contributed by atoms with Gasteiger partial charge in [-0.25, -0.2) is 5.84 Å². The molecule has 1 unspecified atom stereocenters. The first-order valence-electron chi connectivity index (χ1n) is 6.69. The van der Waals surface area contributed by atoms with Crippen LogP contribution in [0.5, 0.6) is 6.01 Å². The molecular weight excluding hydrogens is 274 g/mol. The highest BCUT2D eigenvalue weighted by Gasteiger charge is 2.17. The van der Waals surface area contributed by atoms with Crippen LogP contribution in [0.1, 0.15) is 20.8 Å². The second-order valence-corrected chi connectivity index (χ2v) is 4.95. The lowest BCUT2D eigenvalue weighted by molar-refractivity contribution is -0.123. The van der Waals surface area contributed by atoms with Crippen molar-refractivity contribution in [2.24, 2.45) is 11.8 Å². The molecule has 1 aromatic rings. The van der Waals surface area contributed by atoms with E-state index >= 15 is 0 Å². The number of amides is 1. The predicted octanol–water partition coefficient (Wildman–Crippen LogP) is -0.237. The highest BCUT2D eigenvalue weighted by atomic mass is 16.5. The van der Waals surface area contributed by atoms with Gasteiger partial charge in [0.15, 0.2) is 0 Å². The first-order valence-corrected chi connectivity index (χ1v) is 6.69. The maximum absolute atomic E-state index is 11.6. The zero-order valence-corrected chi connectivity index (χ0v) is 13.0. The number of carbonyl (C=O) groups is 1. The van der Waals surface area contributed by atoms with Crippen LogP contribution in [-0.4, -0.2) is 47.6 Å². The molecule has 0 saturated carbocycles. The van der Waals surface area contributed by atoms with E-state index in [9.17, 15) is 4.79 Å². The minimum Gasteiger partial charge on any atom is -0.461 e. The van der Waals surface area contributed by atoms with Crippen molar-refractivity contribution in [2.75, 3.05) is 31.0 Å². The van der Waals surface area contributed by atoms with Gasteiger partial charge in [-0.15, -0.1) is 0 Å². The number of aromatic nitrogens is 3. The minimum absolute atomic E-state index is 0.0493. The molecule has 0 aliphatic carbocycles. The van der Waals surface area contributed by atoms with E-state index < -0.39 is 0 Å². The molecular formula is C12H23N7O2. The lowest BCUT2D eigenvalue weighted by Crippen LogP contribution is -2.35. The smallest absolute Gasteiger partial charge is 0.323 e. The van der Waals surface area contributed by atoms with E-state index in [-0.39, 0.29) is 29.9 Å². The highest BCUT2D eigenvalue weighted by Crippen LogP contribution is 2.15. The summed E-state index contributed by atoms with van der Waals surface area (Å²) in [6.07, 6.45) is -0.0685. The molecule has 0 aliphatic rings. The standard InChI is InChI=1S/C12H23N7O2/c1-7(2)21-12-16-10(18-13)15-11(17-12)19(5)6-8(3)9(20)14-4/h7-8H,6,13H2,1-5H3,(H,14,20)(H,15,16,17,18). The third kappa shape index (κ3) is 5.03. The fourth-order valence-corrected chi connectivity index (χ4v) is 1.67. The van der Waals surface area contributed by atoms with Crippen molar-refractivity contribution >= 4 is 17.8 Å². The second kappa shape index (κ2) is 7.58. The molecule has 1 rings (SSSR count). The second-order valence-electron chi connectivity index (χ2n) is 4.95. The van der Waals surface area contributed by atoms with Crippen LogP contribution in [0.3, 0.4) is 0 Å². The molecule has 9 nitrogen and oxygen atoms in total. The normalized spacial score (nSPS) is 12.0. The largest absolute Gasteiger partial charge is 0.461 e. The Hall–Kier alpha value is -2.16. The van der Waals surface area contributed by atoms with E-state index in [1.54, 1.807) is 19.0 Å². The van der Waals surface area contributed by atoms with E-state index in [0.717, 1.165) is 0 Å². The number of hydrazine groups is 1. The zero-order valence-electron chi connectivity index (χ0n) is 13.0. The van der Waals surface area contributed by atoms with Crippen molar-refractivity contribution in [3.63, 3.8) is 0 Å². The van der Waals surface area contributed by atoms with Gasteiger partial charge >= 0.3 is 6.01 Å². The molecule has 0 bridgehead atoms. The lowest BCUT2D eigenvalue weighted by atomic mass is 10.1. The summed E-state index contributed by atoms with van der Waals surface area (Å²) >= 11 is 0. The first-order chi connectivity index (χ1) is 9.87. The highest BCUT2D eigenvalue weighted by molar-refractivity contribution is 5.78. The van der Waals surface area contributed by atoms with Gasteiger partial charge in [0.25, 0.3) is 0 Å². The number of hydrogen-bond donors (Lipinski definition) is 3. The van der Waals surface area contributed by atoms with Gasteiger partial charge in [0, 0.05) is 20.6 Å². The number of nitrogen functional groups attached to an aromatic ring is 1. The Morgan fingerprint density at radius 2 is 2.00 bits per heavy atom. The van der Waals surface area contributed by atoms with Crippen molar-refractivity contribution in [2.45, 2.75) is 26.9 Å². The summed E-state index contributed by atoms with van der Waals surface area (Å²) in [4.78, 5) is 25.7. The first kappa shape index (κ1) is 16.9. The number of anilines is 2. The van der Waals surface area contributed by atoms with E-state index in [2.05, 4.69) is 25.7 Å². The Morgan fingerprint density at radius 1 is 1.33 bits per heavy atom. The topological polar surface area (TPSA) is 118 Å². The molecule has 1 amide bonds. The third-order valence-electron chi connectivity index (χ3n) is 2.66. The van der Waals surface area contributed by atoms with E-state index in [0.29, 0.717) is 12.5 Å². The molecule has 0 fully saturated rings. The van der Waals surface area contributed by atoms with E-state index in [1.165, 1.54) is 0 Å². The number of rotatable bonds is 7. The van der Waals surface area contributed by atoms with Gasteiger partial charge in [-0.3, -0.25) is 10.2 Å². The summed E-state index contributed by atoms with van der Waals surface area (Å²) in [5.41, 5.74) is 2.37. The molecule has 0 aromatic carbocycles. The molecule has 0 radical (unpaired) electrons. The van der Waals surface area contributed by atoms with Gasteiger partial charge in [-0.1, -0.05) is 6.92 Å². The number of ether oxygens (including phenoxy) is 1. The van der Waals surface area contributed by atoms with Crippen molar-refractivity contribution in [3.05, 3.63) is 0 Å². The summed E-state index contributed by atoms with van der Waals surface area (Å²) < 4.78 is 5.46. The summed E-state index contributed by atoms with van der Waals surface area (Å²) in [6, 6.07) is 0.183. The molecule has 1 heterocycles. The molecule has 1 aromatic heterocycles. The molecule has 118 valence electrons. The van der Waals surface area contributed by atoms with Gasteiger partial charge in [0.2, 0.25) is 17.8 Å². The molecule has 0 spiro atoms. The van der Waals surface area contributed by atoms with E-state index in [1.807, 2.05) is 20.8 Å². The summed E-state index contributed by atoms with van der Waals surface area (Å²) in [5, 5.41) is 2.61. The molecule has 1 atom stereocenters. The van der Waals surface area contributed by atoms with Crippen LogP contribution in [0.2, 0.25) is 0 Å². The zero-order chi connectivity index (χ0) is 16.0. The van der Waals surface area contributed by atoms with Crippen LogP contribution >= 0.6 is 0 Å². The summed E-state index contributed by atoms with van der Waals surface area (Å²) in [7, 11) is 3.39. The summed E-state index contributed by atoms with van der Waals surface area (Å²) in [6.45, 7) is 6.02. The maximum Gasteiger partial charge on any atom is 0.323 e. The van der Waals surface area contributed by atoms with Crippen LogP contribution in [-0.2, 0) is 4.79 Å². The Labute approximate surface area is 124 Å². The summed E-state index contributed by atoms with van der Waals surface area (Å²) in [5.74, 6) is 5.67. The van der Waals surface area contributed by atoms with E-state index in [4.69, 9.17) is 10.6 Å².